The SMILES string of the molecule is Cc1cccc(C(=O)N2CCC[C@H](CN3CCC(C)CC3)CC2)c1. The normalized spacial score (nSPS) is 23.9. The van der Waals surface area contributed by atoms with E-state index in [4.69, 9.17) is 0 Å². The molecule has 1 aromatic carbocycles. The van der Waals surface area contributed by atoms with Crippen LogP contribution >= 0.6 is 0 Å². The average Bonchev–Trinajstić information content (AvgIpc) is 2.82. The number of likely N-dealkylation sites (tertiary alicyclic amines) is 2. The summed E-state index contributed by atoms with van der Waals surface area (Å²) in [6, 6.07) is 8.00. The van der Waals surface area contributed by atoms with Crippen LogP contribution in [0.4, 0.5) is 0 Å². The zero-order valence-corrected chi connectivity index (χ0v) is 15.3. The maximum absolute atomic E-state index is 12.8. The van der Waals surface area contributed by atoms with Crippen LogP contribution in [0, 0.1) is 18.8 Å². The van der Waals surface area contributed by atoms with E-state index in [2.05, 4.69) is 29.7 Å². The third-order valence-corrected chi connectivity index (χ3v) is 5.79. The lowest BCUT2D eigenvalue weighted by atomic mass is 9.95. The Labute approximate surface area is 147 Å². The van der Waals surface area contributed by atoms with Gasteiger partial charge in [0.25, 0.3) is 5.91 Å². The number of benzene rings is 1. The van der Waals surface area contributed by atoms with Crippen molar-refractivity contribution in [1.29, 1.82) is 0 Å². The van der Waals surface area contributed by atoms with E-state index < -0.39 is 0 Å². The number of piperidine rings is 1. The molecular formula is C21H32N2O. The van der Waals surface area contributed by atoms with E-state index >= 15 is 0 Å². The maximum atomic E-state index is 12.8. The highest BCUT2D eigenvalue weighted by atomic mass is 16.2. The third-order valence-electron chi connectivity index (χ3n) is 5.79. The van der Waals surface area contributed by atoms with Crippen molar-refractivity contribution in [2.45, 2.75) is 46.0 Å². The van der Waals surface area contributed by atoms with E-state index in [1.54, 1.807) is 0 Å². The first-order chi connectivity index (χ1) is 11.6. The van der Waals surface area contributed by atoms with Gasteiger partial charge in [-0.2, -0.15) is 0 Å². The Hall–Kier alpha value is -1.35. The van der Waals surface area contributed by atoms with Crippen LogP contribution in [0.2, 0.25) is 0 Å². The molecule has 2 aliphatic rings. The van der Waals surface area contributed by atoms with Crippen molar-refractivity contribution in [2.24, 2.45) is 11.8 Å². The Kier molecular flexibility index (Phi) is 5.94. The minimum Gasteiger partial charge on any atom is -0.339 e. The molecule has 0 N–H and O–H groups in total. The molecule has 0 aliphatic carbocycles. The lowest BCUT2D eigenvalue weighted by Gasteiger charge is -2.32. The van der Waals surface area contributed by atoms with E-state index in [1.165, 1.54) is 38.9 Å². The Morgan fingerprint density at radius 2 is 1.88 bits per heavy atom. The van der Waals surface area contributed by atoms with Crippen LogP contribution in [0.5, 0.6) is 0 Å². The molecule has 0 aromatic heterocycles. The van der Waals surface area contributed by atoms with Gasteiger partial charge in [0.2, 0.25) is 0 Å². The number of hydrogen-bond acceptors (Lipinski definition) is 2. The number of rotatable bonds is 3. The van der Waals surface area contributed by atoms with Crippen molar-refractivity contribution in [3.05, 3.63) is 35.4 Å². The lowest BCUT2D eigenvalue weighted by Crippen LogP contribution is -2.37. The number of hydrogen-bond donors (Lipinski definition) is 0. The van der Waals surface area contributed by atoms with E-state index in [-0.39, 0.29) is 5.91 Å². The Morgan fingerprint density at radius 3 is 2.62 bits per heavy atom. The second kappa shape index (κ2) is 8.15. The Bertz CT molecular complexity index is 549. The molecular weight excluding hydrogens is 296 g/mol. The lowest BCUT2D eigenvalue weighted by molar-refractivity contribution is 0.0758. The molecule has 0 bridgehead atoms. The quantitative estimate of drug-likeness (QED) is 0.838. The highest BCUT2D eigenvalue weighted by molar-refractivity contribution is 5.94. The van der Waals surface area contributed by atoms with Crippen LogP contribution in [0.1, 0.15) is 54.9 Å². The molecule has 3 nitrogen and oxygen atoms in total. The van der Waals surface area contributed by atoms with Crippen LogP contribution in [-0.2, 0) is 0 Å². The molecule has 0 radical (unpaired) electrons. The van der Waals surface area contributed by atoms with Gasteiger partial charge in [0, 0.05) is 25.2 Å². The molecule has 132 valence electrons. The van der Waals surface area contributed by atoms with Gasteiger partial charge in [-0.05, 0) is 76.1 Å². The predicted molar refractivity (Wildman–Crippen MR) is 99.3 cm³/mol. The summed E-state index contributed by atoms with van der Waals surface area (Å²) in [6.45, 7) is 10.0. The summed E-state index contributed by atoms with van der Waals surface area (Å²) in [5.74, 6) is 1.87. The smallest absolute Gasteiger partial charge is 0.253 e. The minimum absolute atomic E-state index is 0.214. The average molecular weight is 329 g/mol. The van der Waals surface area contributed by atoms with Crippen molar-refractivity contribution in [1.82, 2.24) is 9.80 Å². The first-order valence-electron chi connectivity index (χ1n) is 9.70. The van der Waals surface area contributed by atoms with Gasteiger partial charge >= 0.3 is 0 Å². The van der Waals surface area contributed by atoms with Gasteiger partial charge in [0.15, 0.2) is 0 Å². The van der Waals surface area contributed by atoms with E-state index in [1.807, 2.05) is 18.2 Å². The molecule has 3 heteroatoms. The van der Waals surface area contributed by atoms with Gasteiger partial charge < -0.3 is 9.80 Å². The maximum Gasteiger partial charge on any atom is 0.253 e. The van der Waals surface area contributed by atoms with Crippen molar-refractivity contribution >= 4 is 5.91 Å². The first kappa shape index (κ1) is 17.5. The molecule has 0 saturated carbocycles. The summed E-state index contributed by atoms with van der Waals surface area (Å²) in [6.07, 6.45) is 6.27. The topological polar surface area (TPSA) is 23.6 Å². The Morgan fingerprint density at radius 1 is 1.08 bits per heavy atom. The van der Waals surface area contributed by atoms with E-state index in [0.29, 0.717) is 0 Å². The molecule has 0 unspecified atom stereocenters. The molecule has 1 atom stereocenters. The fourth-order valence-corrected chi connectivity index (χ4v) is 4.12. The largest absolute Gasteiger partial charge is 0.339 e. The molecule has 0 spiro atoms. The standard InChI is InChI=1S/C21H32N2O/c1-17-8-12-22(13-9-17)16-19-6-4-11-23(14-10-19)21(24)20-7-3-5-18(2)15-20/h3,5,7,15,17,19H,4,6,8-14,16H2,1-2H3/t19-/m0/s1. The van der Waals surface area contributed by atoms with Crippen molar-refractivity contribution in [2.75, 3.05) is 32.7 Å². The monoisotopic (exact) mass is 328 g/mol. The van der Waals surface area contributed by atoms with Crippen LogP contribution in [0.15, 0.2) is 24.3 Å². The van der Waals surface area contributed by atoms with Crippen molar-refractivity contribution in [3.63, 3.8) is 0 Å². The van der Waals surface area contributed by atoms with Crippen LogP contribution < -0.4 is 0 Å². The second-order valence-corrected chi connectivity index (χ2v) is 7.94. The fourth-order valence-electron chi connectivity index (χ4n) is 4.12. The Balaban J connectivity index is 1.52. The van der Waals surface area contributed by atoms with Gasteiger partial charge in [-0.25, -0.2) is 0 Å². The first-order valence-corrected chi connectivity index (χ1v) is 9.70. The van der Waals surface area contributed by atoms with Crippen LogP contribution in [0.3, 0.4) is 0 Å². The molecule has 2 fully saturated rings. The summed E-state index contributed by atoms with van der Waals surface area (Å²) in [5.41, 5.74) is 2.01. The van der Waals surface area contributed by atoms with Gasteiger partial charge in [0.05, 0.1) is 0 Å². The molecule has 1 amide bonds. The summed E-state index contributed by atoms with van der Waals surface area (Å²) >= 11 is 0. The van der Waals surface area contributed by atoms with E-state index in [0.717, 1.165) is 48.9 Å². The molecule has 3 rings (SSSR count). The highest BCUT2D eigenvalue weighted by Gasteiger charge is 2.24. The zero-order chi connectivity index (χ0) is 16.9. The van der Waals surface area contributed by atoms with Gasteiger partial charge in [-0.15, -0.1) is 0 Å². The molecule has 2 heterocycles. The number of nitrogens with zero attached hydrogens (tertiary/aromatic N) is 2. The molecule has 1 aromatic rings. The predicted octanol–water partition coefficient (Wildman–Crippen LogP) is 3.97. The van der Waals surface area contributed by atoms with Gasteiger partial charge in [-0.3, -0.25) is 4.79 Å². The number of amides is 1. The zero-order valence-electron chi connectivity index (χ0n) is 15.3. The summed E-state index contributed by atoms with van der Waals surface area (Å²) < 4.78 is 0. The summed E-state index contributed by atoms with van der Waals surface area (Å²) in [7, 11) is 0. The second-order valence-electron chi connectivity index (χ2n) is 7.94. The van der Waals surface area contributed by atoms with Crippen molar-refractivity contribution < 1.29 is 4.79 Å². The molecule has 24 heavy (non-hydrogen) atoms. The summed E-state index contributed by atoms with van der Waals surface area (Å²) in [5, 5.41) is 0. The van der Waals surface area contributed by atoms with Gasteiger partial charge in [-0.1, -0.05) is 24.6 Å². The van der Waals surface area contributed by atoms with Crippen LogP contribution in [0.25, 0.3) is 0 Å². The number of carbonyl (C=O) groups excluding carboxylic acids is 1. The van der Waals surface area contributed by atoms with Gasteiger partial charge in [0.1, 0.15) is 0 Å². The minimum atomic E-state index is 0.214. The highest BCUT2D eigenvalue weighted by Crippen LogP contribution is 2.23. The third kappa shape index (κ3) is 4.60. The molecule has 2 saturated heterocycles. The fraction of sp³-hybridized carbons (Fsp3) is 0.667. The van der Waals surface area contributed by atoms with E-state index in [9.17, 15) is 4.79 Å². The van der Waals surface area contributed by atoms with Crippen LogP contribution in [-0.4, -0.2) is 48.4 Å². The summed E-state index contributed by atoms with van der Waals surface area (Å²) in [4.78, 5) is 17.5. The molecule has 2 aliphatic heterocycles. The number of aryl methyl sites for hydroxylation is 1. The van der Waals surface area contributed by atoms with Crippen molar-refractivity contribution in [3.8, 4) is 0 Å². The number of carbonyl (C=O) groups is 1.